The highest BCUT2D eigenvalue weighted by Crippen LogP contribution is 2.38. The third-order valence-corrected chi connectivity index (χ3v) is 3.15. The Morgan fingerprint density at radius 2 is 1.76 bits per heavy atom. The van der Waals surface area contributed by atoms with Crippen molar-refractivity contribution >= 4 is 5.91 Å². The minimum Gasteiger partial charge on any atom is -0.493 e. The largest absolute Gasteiger partial charge is 0.493 e. The molecule has 0 aliphatic rings. The van der Waals surface area contributed by atoms with Gasteiger partial charge in [-0.25, -0.2) is 0 Å². The number of rotatable bonds is 8. The smallest absolute Gasteiger partial charge is 0.220 e. The molecule has 0 bridgehead atoms. The third-order valence-electron chi connectivity index (χ3n) is 3.15. The fourth-order valence-electron chi connectivity index (χ4n) is 1.91. The first-order valence-corrected chi connectivity index (χ1v) is 6.81. The van der Waals surface area contributed by atoms with Crippen LogP contribution in [0.3, 0.4) is 0 Å². The van der Waals surface area contributed by atoms with Crippen LogP contribution in [0.25, 0.3) is 0 Å². The Kier molecular flexibility index (Phi) is 6.81. The highest BCUT2D eigenvalue weighted by atomic mass is 16.5. The van der Waals surface area contributed by atoms with Gasteiger partial charge in [0.1, 0.15) is 0 Å². The predicted octanol–water partition coefficient (Wildman–Crippen LogP) is 1.31. The van der Waals surface area contributed by atoms with Crippen LogP contribution in [0, 0.1) is 5.92 Å². The first-order valence-electron chi connectivity index (χ1n) is 6.81. The number of benzene rings is 1. The predicted molar refractivity (Wildman–Crippen MR) is 80.8 cm³/mol. The molecule has 0 fully saturated rings. The van der Waals surface area contributed by atoms with Crippen molar-refractivity contribution in [3.63, 3.8) is 0 Å². The number of ether oxygens (including phenoxy) is 3. The Morgan fingerprint density at radius 3 is 2.19 bits per heavy atom. The monoisotopic (exact) mass is 296 g/mol. The number of nitrogens with one attached hydrogen (secondary N) is 1. The molecular formula is C15H24N2O4. The molecule has 0 saturated carbocycles. The van der Waals surface area contributed by atoms with Gasteiger partial charge in [-0.2, -0.15) is 0 Å². The molecule has 0 radical (unpaired) electrons. The summed E-state index contributed by atoms with van der Waals surface area (Å²) in [5, 5.41) is 2.86. The van der Waals surface area contributed by atoms with E-state index >= 15 is 0 Å². The summed E-state index contributed by atoms with van der Waals surface area (Å²) >= 11 is 0. The van der Waals surface area contributed by atoms with Crippen molar-refractivity contribution in [3.05, 3.63) is 17.7 Å². The van der Waals surface area contributed by atoms with Crippen molar-refractivity contribution in [1.82, 2.24) is 5.32 Å². The van der Waals surface area contributed by atoms with Crippen LogP contribution in [0.2, 0.25) is 0 Å². The first kappa shape index (κ1) is 17.1. The van der Waals surface area contributed by atoms with Gasteiger partial charge in [-0.1, -0.05) is 6.92 Å². The number of carbonyl (C=O) groups excluding carboxylic acids is 1. The number of amides is 1. The van der Waals surface area contributed by atoms with Crippen molar-refractivity contribution in [2.45, 2.75) is 19.9 Å². The third kappa shape index (κ3) is 4.82. The van der Waals surface area contributed by atoms with E-state index in [1.54, 1.807) is 21.3 Å². The van der Waals surface area contributed by atoms with E-state index in [0.717, 1.165) is 5.56 Å². The zero-order valence-corrected chi connectivity index (χ0v) is 13.1. The maximum atomic E-state index is 11.8. The molecule has 1 amide bonds. The maximum absolute atomic E-state index is 11.8. The molecular weight excluding hydrogens is 272 g/mol. The molecule has 0 aromatic heterocycles. The molecule has 0 aliphatic carbocycles. The summed E-state index contributed by atoms with van der Waals surface area (Å²) in [5.41, 5.74) is 6.38. The molecule has 1 unspecified atom stereocenters. The molecule has 6 heteroatoms. The molecule has 3 N–H and O–H groups in total. The number of methoxy groups -OCH3 is 3. The minimum atomic E-state index is -0.0262. The number of hydrogen-bond donors (Lipinski definition) is 2. The van der Waals surface area contributed by atoms with Gasteiger partial charge in [0.2, 0.25) is 11.7 Å². The highest BCUT2D eigenvalue weighted by molar-refractivity contribution is 5.76. The van der Waals surface area contributed by atoms with E-state index in [-0.39, 0.29) is 11.8 Å². The van der Waals surface area contributed by atoms with Gasteiger partial charge in [0.05, 0.1) is 21.3 Å². The second-order valence-electron chi connectivity index (χ2n) is 4.86. The second-order valence-corrected chi connectivity index (χ2v) is 4.86. The van der Waals surface area contributed by atoms with E-state index in [2.05, 4.69) is 5.32 Å². The molecule has 0 aliphatic heterocycles. The van der Waals surface area contributed by atoms with Gasteiger partial charge in [-0.3, -0.25) is 4.79 Å². The maximum Gasteiger partial charge on any atom is 0.220 e. The van der Waals surface area contributed by atoms with Crippen LogP contribution in [0.4, 0.5) is 0 Å². The molecule has 1 aromatic rings. The lowest BCUT2D eigenvalue weighted by molar-refractivity contribution is -0.122. The molecule has 118 valence electrons. The van der Waals surface area contributed by atoms with Gasteiger partial charge in [0, 0.05) is 13.0 Å². The Hall–Kier alpha value is -1.95. The molecule has 6 nitrogen and oxygen atoms in total. The van der Waals surface area contributed by atoms with Crippen LogP contribution < -0.4 is 25.3 Å². The van der Waals surface area contributed by atoms with Crippen LogP contribution in [-0.2, 0) is 11.3 Å². The first-order chi connectivity index (χ1) is 10.0. The lowest BCUT2D eigenvalue weighted by Gasteiger charge is -2.15. The Balaban J connectivity index is 2.78. The minimum absolute atomic E-state index is 0.0262. The summed E-state index contributed by atoms with van der Waals surface area (Å²) in [6.07, 6.45) is 0.418. The van der Waals surface area contributed by atoms with E-state index in [4.69, 9.17) is 19.9 Å². The normalized spacial score (nSPS) is 11.7. The van der Waals surface area contributed by atoms with E-state index < -0.39 is 0 Å². The molecule has 1 aromatic carbocycles. The van der Waals surface area contributed by atoms with Gasteiger partial charge in [-0.05, 0) is 30.2 Å². The van der Waals surface area contributed by atoms with E-state index in [9.17, 15) is 4.79 Å². The Bertz CT molecular complexity index is 452. The average Bonchev–Trinajstić information content (AvgIpc) is 2.51. The van der Waals surface area contributed by atoms with Crippen molar-refractivity contribution in [1.29, 1.82) is 0 Å². The Labute approximate surface area is 125 Å². The zero-order valence-electron chi connectivity index (χ0n) is 13.1. The quantitative estimate of drug-likeness (QED) is 0.756. The van der Waals surface area contributed by atoms with E-state index in [1.807, 2.05) is 19.1 Å². The number of carbonyl (C=O) groups is 1. The van der Waals surface area contributed by atoms with Crippen LogP contribution in [-0.4, -0.2) is 33.8 Å². The molecule has 0 spiro atoms. The van der Waals surface area contributed by atoms with Gasteiger partial charge < -0.3 is 25.3 Å². The van der Waals surface area contributed by atoms with Crippen LogP contribution in [0.15, 0.2) is 12.1 Å². The van der Waals surface area contributed by atoms with E-state index in [1.165, 1.54) is 0 Å². The summed E-state index contributed by atoms with van der Waals surface area (Å²) in [7, 11) is 4.67. The summed E-state index contributed by atoms with van der Waals surface area (Å²) in [4.78, 5) is 11.8. The summed E-state index contributed by atoms with van der Waals surface area (Å²) in [6.45, 7) is 2.84. The Morgan fingerprint density at radius 1 is 1.19 bits per heavy atom. The highest BCUT2D eigenvalue weighted by Gasteiger charge is 2.14. The lowest BCUT2D eigenvalue weighted by Crippen LogP contribution is -2.26. The lowest BCUT2D eigenvalue weighted by atomic mass is 10.1. The standard InChI is InChI=1S/C15H24N2O4/c1-10(8-16)5-14(18)17-9-11-6-12(19-2)15(21-4)13(7-11)20-3/h6-7,10H,5,8-9,16H2,1-4H3,(H,17,18). The van der Waals surface area contributed by atoms with Crippen molar-refractivity contribution in [2.75, 3.05) is 27.9 Å². The van der Waals surface area contributed by atoms with Gasteiger partial charge in [0.25, 0.3) is 0 Å². The van der Waals surface area contributed by atoms with Gasteiger partial charge >= 0.3 is 0 Å². The summed E-state index contributed by atoms with van der Waals surface area (Å²) in [5.74, 6) is 1.81. The van der Waals surface area contributed by atoms with Crippen LogP contribution in [0.1, 0.15) is 18.9 Å². The van der Waals surface area contributed by atoms with E-state index in [0.29, 0.717) is 36.8 Å². The average molecular weight is 296 g/mol. The summed E-state index contributed by atoms with van der Waals surface area (Å²) in [6, 6.07) is 3.63. The topological polar surface area (TPSA) is 82.8 Å². The SMILES string of the molecule is COc1cc(CNC(=O)CC(C)CN)cc(OC)c1OC. The van der Waals surface area contributed by atoms with Crippen LogP contribution >= 0.6 is 0 Å². The molecule has 1 rings (SSSR count). The molecule has 21 heavy (non-hydrogen) atoms. The summed E-state index contributed by atoms with van der Waals surface area (Å²) < 4.78 is 15.8. The second kappa shape index (κ2) is 8.36. The zero-order chi connectivity index (χ0) is 15.8. The molecule has 0 saturated heterocycles. The number of nitrogens with two attached hydrogens (primary N) is 1. The molecule has 0 heterocycles. The van der Waals surface area contributed by atoms with Gasteiger partial charge in [0.15, 0.2) is 11.5 Å². The van der Waals surface area contributed by atoms with Crippen molar-refractivity contribution in [2.24, 2.45) is 11.7 Å². The fraction of sp³-hybridized carbons (Fsp3) is 0.533. The molecule has 1 atom stereocenters. The van der Waals surface area contributed by atoms with Crippen molar-refractivity contribution < 1.29 is 19.0 Å². The number of hydrogen-bond acceptors (Lipinski definition) is 5. The van der Waals surface area contributed by atoms with Crippen LogP contribution in [0.5, 0.6) is 17.2 Å². The van der Waals surface area contributed by atoms with Gasteiger partial charge in [-0.15, -0.1) is 0 Å². The van der Waals surface area contributed by atoms with Crippen molar-refractivity contribution in [3.8, 4) is 17.2 Å². The fourth-order valence-corrected chi connectivity index (χ4v) is 1.91.